The number of benzene rings is 3. The Balaban J connectivity index is 2.22. The maximum atomic E-state index is 3.63. The maximum absolute atomic E-state index is 3.63. The number of hydrogen-bond donors (Lipinski definition) is 0. The SMILES string of the molecule is BrCc1cc(CBr)c(-c2ccccc2)cc1-c1ccccc1. The summed E-state index contributed by atoms with van der Waals surface area (Å²) in [5.41, 5.74) is 7.74. The molecule has 2 heteroatoms. The molecule has 0 heterocycles. The lowest BCUT2D eigenvalue weighted by Gasteiger charge is -2.15. The zero-order valence-electron chi connectivity index (χ0n) is 12.1. The van der Waals surface area contributed by atoms with Crippen LogP contribution in [0.4, 0.5) is 0 Å². The second-order valence-electron chi connectivity index (χ2n) is 5.17. The Morgan fingerprint density at radius 2 is 0.955 bits per heavy atom. The number of hydrogen-bond acceptors (Lipinski definition) is 0. The third kappa shape index (κ3) is 3.18. The van der Waals surface area contributed by atoms with Gasteiger partial charge in [-0.2, -0.15) is 0 Å². The quantitative estimate of drug-likeness (QED) is 0.410. The number of alkyl halides is 2. The average molecular weight is 416 g/mol. The molecule has 0 saturated carbocycles. The monoisotopic (exact) mass is 414 g/mol. The van der Waals surface area contributed by atoms with Crippen LogP contribution < -0.4 is 0 Å². The van der Waals surface area contributed by atoms with E-state index in [2.05, 4.69) is 105 Å². The van der Waals surface area contributed by atoms with Crippen molar-refractivity contribution in [2.24, 2.45) is 0 Å². The summed E-state index contributed by atoms with van der Waals surface area (Å²) < 4.78 is 0. The normalized spacial score (nSPS) is 10.6. The molecule has 0 saturated heterocycles. The van der Waals surface area contributed by atoms with Gasteiger partial charge in [0, 0.05) is 10.7 Å². The van der Waals surface area contributed by atoms with E-state index in [1.54, 1.807) is 0 Å². The van der Waals surface area contributed by atoms with Gasteiger partial charge in [0.1, 0.15) is 0 Å². The van der Waals surface area contributed by atoms with Gasteiger partial charge in [0.2, 0.25) is 0 Å². The Kier molecular flexibility index (Phi) is 5.12. The summed E-state index contributed by atoms with van der Waals surface area (Å²) in [5.74, 6) is 0. The first-order chi connectivity index (χ1) is 10.8. The summed E-state index contributed by atoms with van der Waals surface area (Å²) in [7, 11) is 0. The predicted molar refractivity (Wildman–Crippen MR) is 103 cm³/mol. The van der Waals surface area contributed by atoms with Gasteiger partial charge in [0.05, 0.1) is 0 Å². The highest BCUT2D eigenvalue weighted by Gasteiger charge is 2.11. The summed E-state index contributed by atoms with van der Waals surface area (Å²) in [6, 6.07) is 25.8. The second-order valence-corrected chi connectivity index (χ2v) is 6.29. The Hall–Kier alpha value is -1.38. The minimum Gasteiger partial charge on any atom is -0.0876 e. The molecule has 0 amide bonds. The Labute approximate surface area is 148 Å². The first-order valence-corrected chi connectivity index (χ1v) is 9.46. The molecule has 110 valence electrons. The van der Waals surface area contributed by atoms with Crippen molar-refractivity contribution in [1.82, 2.24) is 0 Å². The highest BCUT2D eigenvalue weighted by molar-refractivity contribution is 9.08. The predicted octanol–water partition coefficient (Wildman–Crippen LogP) is 6.81. The van der Waals surface area contributed by atoms with Gasteiger partial charge >= 0.3 is 0 Å². The van der Waals surface area contributed by atoms with Crippen LogP contribution in [0.3, 0.4) is 0 Å². The van der Waals surface area contributed by atoms with E-state index >= 15 is 0 Å². The smallest absolute Gasteiger partial charge is 0.0289 e. The summed E-state index contributed by atoms with van der Waals surface area (Å²) in [6.45, 7) is 0. The summed E-state index contributed by atoms with van der Waals surface area (Å²) in [4.78, 5) is 0. The molecule has 0 nitrogen and oxygen atoms in total. The number of halogens is 2. The van der Waals surface area contributed by atoms with Gasteiger partial charge in [0.15, 0.2) is 0 Å². The molecule has 0 bridgehead atoms. The summed E-state index contributed by atoms with van der Waals surface area (Å²) in [5, 5.41) is 1.71. The molecule has 0 aromatic heterocycles. The Morgan fingerprint density at radius 3 is 1.32 bits per heavy atom. The lowest BCUT2D eigenvalue weighted by atomic mass is 9.92. The number of rotatable bonds is 4. The van der Waals surface area contributed by atoms with Crippen LogP contribution in [0.2, 0.25) is 0 Å². The first kappa shape index (κ1) is 15.5. The van der Waals surface area contributed by atoms with Gasteiger partial charge in [-0.25, -0.2) is 0 Å². The van der Waals surface area contributed by atoms with Crippen molar-refractivity contribution >= 4 is 31.9 Å². The molecule has 3 rings (SSSR count). The van der Waals surface area contributed by atoms with E-state index in [9.17, 15) is 0 Å². The fourth-order valence-electron chi connectivity index (χ4n) is 2.69. The Bertz CT molecular complexity index is 687. The molecular formula is C20H16Br2. The van der Waals surface area contributed by atoms with E-state index < -0.39 is 0 Å². The van der Waals surface area contributed by atoms with Crippen molar-refractivity contribution in [3.8, 4) is 22.3 Å². The zero-order valence-corrected chi connectivity index (χ0v) is 15.3. The highest BCUT2D eigenvalue weighted by Crippen LogP contribution is 2.34. The van der Waals surface area contributed by atoms with Gasteiger partial charge < -0.3 is 0 Å². The molecule has 3 aromatic rings. The van der Waals surface area contributed by atoms with Crippen molar-refractivity contribution in [3.63, 3.8) is 0 Å². The largest absolute Gasteiger partial charge is 0.0876 e. The van der Waals surface area contributed by atoms with E-state index in [0.717, 1.165) is 10.7 Å². The topological polar surface area (TPSA) is 0 Å². The second kappa shape index (κ2) is 7.26. The van der Waals surface area contributed by atoms with Gasteiger partial charge in [-0.1, -0.05) is 98.6 Å². The summed E-state index contributed by atoms with van der Waals surface area (Å²) in [6.07, 6.45) is 0. The van der Waals surface area contributed by atoms with Gasteiger partial charge in [-0.3, -0.25) is 0 Å². The highest BCUT2D eigenvalue weighted by atomic mass is 79.9. The van der Waals surface area contributed by atoms with E-state index in [0.29, 0.717) is 0 Å². The molecule has 0 aliphatic heterocycles. The minimum absolute atomic E-state index is 0.853. The zero-order chi connectivity index (χ0) is 15.4. The van der Waals surface area contributed by atoms with Crippen LogP contribution in [0.15, 0.2) is 72.8 Å². The van der Waals surface area contributed by atoms with Crippen LogP contribution >= 0.6 is 31.9 Å². The van der Waals surface area contributed by atoms with Crippen LogP contribution in [-0.4, -0.2) is 0 Å². The fourth-order valence-corrected chi connectivity index (χ4v) is 3.62. The molecule has 0 atom stereocenters. The molecule has 0 unspecified atom stereocenters. The molecule has 3 aromatic carbocycles. The van der Waals surface area contributed by atoms with Crippen LogP contribution in [-0.2, 0) is 10.7 Å². The van der Waals surface area contributed by atoms with Crippen LogP contribution in [0.1, 0.15) is 11.1 Å². The van der Waals surface area contributed by atoms with Crippen molar-refractivity contribution in [2.45, 2.75) is 10.7 Å². The lowest BCUT2D eigenvalue weighted by molar-refractivity contribution is 1.35. The Morgan fingerprint density at radius 1 is 0.545 bits per heavy atom. The molecule has 0 radical (unpaired) electrons. The van der Waals surface area contributed by atoms with Crippen molar-refractivity contribution in [3.05, 3.63) is 83.9 Å². The molecule has 0 fully saturated rings. The third-order valence-corrected chi connectivity index (χ3v) is 4.99. The van der Waals surface area contributed by atoms with Crippen molar-refractivity contribution < 1.29 is 0 Å². The first-order valence-electron chi connectivity index (χ1n) is 7.22. The molecule has 0 aliphatic carbocycles. The van der Waals surface area contributed by atoms with Gasteiger partial charge in [0.25, 0.3) is 0 Å². The molecule has 0 aliphatic rings. The van der Waals surface area contributed by atoms with Crippen LogP contribution in [0.25, 0.3) is 22.3 Å². The van der Waals surface area contributed by atoms with Gasteiger partial charge in [-0.15, -0.1) is 0 Å². The van der Waals surface area contributed by atoms with E-state index in [4.69, 9.17) is 0 Å². The minimum atomic E-state index is 0.853. The molecule has 0 N–H and O–H groups in total. The summed E-state index contributed by atoms with van der Waals surface area (Å²) >= 11 is 7.27. The van der Waals surface area contributed by atoms with Gasteiger partial charge in [-0.05, 0) is 39.4 Å². The van der Waals surface area contributed by atoms with E-state index in [-0.39, 0.29) is 0 Å². The average Bonchev–Trinajstić information content (AvgIpc) is 2.62. The van der Waals surface area contributed by atoms with Crippen molar-refractivity contribution in [2.75, 3.05) is 0 Å². The fraction of sp³-hybridized carbons (Fsp3) is 0.100. The molecule has 22 heavy (non-hydrogen) atoms. The van der Waals surface area contributed by atoms with Crippen molar-refractivity contribution in [1.29, 1.82) is 0 Å². The molecular weight excluding hydrogens is 400 g/mol. The maximum Gasteiger partial charge on any atom is 0.0289 e. The molecule has 0 spiro atoms. The lowest BCUT2D eigenvalue weighted by Crippen LogP contribution is -1.94. The van der Waals surface area contributed by atoms with Crippen LogP contribution in [0.5, 0.6) is 0 Å². The standard InChI is InChI=1S/C20H16Br2/c21-13-17-11-18(14-22)20(16-9-5-2-6-10-16)12-19(17)15-7-3-1-4-8-15/h1-12H,13-14H2. The van der Waals surface area contributed by atoms with Crippen LogP contribution in [0, 0.1) is 0 Å². The van der Waals surface area contributed by atoms with E-state index in [1.165, 1.54) is 33.4 Å². The third-order valence-electron chi connectivity index (χ3n) is 3.79. The van der Waals surface area contributed by atoms with E-state index in [1.807, 2.05) is 0 Å².